The number of aromatic nitrogens is 5. The highest BCUT2D eigenvalue weighted by molar-refractivity contribution is 5.60. The van der Waals surface area contributed by atoms with Gasteiger partial charge in [-0.05, 0) is 61.7 Å². The van der Waals surface area contributed by atoms with Crippen LogP contribution in [0.5, 0.6) is 0 Å². The van der Waals surface area contributed by atoms with Gasteiger partial charge in [0.2, 0.25) is 17.8 Å². The Hall–Kier alpha value is -4.42. The van der Waals surface area contributed by atoms with Crippen molar-refractivity contribution in [3.05, 3.63) is 84.2 Å². The average molecular weight is 571 g/mol. The van der Waals surface area contributed by atoms with Crippen LogP contribution < -0.4 is 25.8 Å². The van der Waals surface area contributed by atoms with E-state index in [4.69, 9.17) is 5.73 Å². The minimum atomic E-state index is -0.839. The van der Waals surface area contributed by atoms with Crippen molar-refractivity contribution in [2.75, 3.05) is 59.3 Å². The summed E-state index contributed by atoms with van der Waals surface area (Å²) in [4.78, 5) is 29.0. The van der Waals surface area contributed by atoms with Crippen LogP contribution in [0.3, 0.4) is 0 Å². The van der Waals surface area contributed by atoms with Crippen LogP contribution in [0.25, 0.3) is 0 Å². The van der Waals surface area contributed by atoms with Crippen molar-refractivity contribution in [3.63, 3.8) is 0 Å². The van der Waals surface area contributed by atoms with Crippen LogP contribution in [0.2, 0.25) is 0 Å². The predicted molar refractivity (Wildman–Crippen MR) is 161 cm³/mol. The van der Waals surface area contributed by atoms with Gasteiger partial charge in [-0.15, -0.1) is 0 Å². The van der Waals surface area contributed by atoms with Crippen LogP contribution in [0.1, 0.15) is 30.9 Å². The van der Waals surface area contributed by atoms with Gasteiger partial charge in [-0.1, -0.05) is 12.1 Å². The van der Waals surface area contributed by atoms with Crippen molar-refractivity contribution >= 4 is 29.2 Å². The topological polar surface area (TPSA) is 132 Å². The third kappa shape index (κ3) is 6.09. The summed E-state index contributed by atoms with van der Waals surface area (Å²) in [7, 11) is 0. The Morgan fingerprint density at radius 3 is 2.17 bits per heavy atom. The first-order valence-corrected chi connectivity index (χ1v) is 14.2. The Balaban J connectivity index is 1.05. The van der Waals surface area contributed by atoms with Crippen molar-refractivity contribution in [2.45, 2.75) is 31.4 Å². The van der Waals surface area contributed by atoms with Crippen molar-refractivity contribution in [1.82, 2.24) is 24.9 Å². The van der Waals surface area contributed by atoms with E-state index < -0.39 is 5.54 Å². The van der Waals surface area contributed by atoms with Crippen molar-refractivity contribution in [2.24, 2.45) is 5.73 Å². The van der Waals surface area contributed by atoms with E-state index in [0.717, 1.165) is 41.9 Å². The SMILES string of the molecule is CC(N)(c1ccc(F)cc1)c1cnc(N2CCN(c3ncnc(Nc4ccc(N5CCCC(O)C5)cc4)n3)CC2)nc1. The zero-order valence-corrected chi connectivity index (χ0v) is 23.6. The maximum atomic E-state index is 13.4. The second kappa shape index (κ2) is 11.8. The zero-order chi connectivity index (χ0) is 29.1. The Bertz CT molecular complexity index is 1480. The summed E-state index contributed by atoms with van der Waals surface area (Å²) in [5.41, 5.74) is 9.24. The van der Waals surface area contributed by atoms with Gasteiger partial charge < -0.3 is 30.9 Å². The number of hydrogen-bond acceptors (Lipinski definition) is 11. The summed E-state index contributed by atoms with van der Waals surface area (Å²) < 4.78 is 13.4. The molecule has 0 amide bonds. The number of β-amino-alcohol motifs (C(OH)–C–C–N with tert-alkyl or cyclic N) is 1. The van der Waals surface area contributed by atoms with Crippen LogP contribution in [-0.4, -0.2) is 75.4 Å². The molecule has 218 valence electrons. The lowest BCUT2D eigenvalue weighted by atomic mass is 9.87. The lowest BCUT2D eigenvalue weighted by Crippen LogP contribution is -2.47. The summed E-state index contributed by atoms with van der Waals surface area (Å²) in [6.45, 7) is 6.31. The maximum Gasteiger partial charge on any atom is 0.231 e. The molecule has 42 heavy (non-hydrogen) atoms. The number of piperidine rings is 1. The standard InChI is InChI=1S/C30H35FN10O/c1-30(32,21-4-6-23(31)7-5-21)22-17-33-28(34-18-22)39-13-15-40(16-14-39)29-36-20-35-27(38-29)37-24-8-10-25(11-9-24)41-12-2-3-26(42)19-41/h4-11,17-18,20,26,42H,2-3,12-16,19,32H2,1H3,(H,35,36,37,38). The molecule has 2 aliphatic heterocycles. The summed E-state index contributed by atoms with van der Waals surface area (Å²) >= 11 is 0. The Labute approximate surface area is 244 Å². The molecule has 0 aliphatic carbocycles. The van der Waals surface area contributed by atoms with Crippen LogP contribution in [0.4, 0.5) is 33.6 Å². The maximum absolute atomic E-state index is 13.4. The number of aliphatic hydroxyl groups is 1. The lowest BCUT2D eigenvalue weighted by Gasteiger charge is -2.35. The highest BCUT2D eigenvalue weighted by Crippen LogP contribution is 2.27. The van der Waals surface area contributed by atoms with E-state index in [0.29, 0.717) is 50.6 Å². The average Bonchev–Trinajstić information content (AvgIpc) is 3.02. The number of aliphatic hydroxyl groups excluding tert-OH is 1. The van der Waals surface area contributed by atoms with Crippen molar-refractivity contribution in [3.8, 4) is 0 Å². The summed E-state index contributed by atoms with van der Waals surface area (Å²) in [6.07, 6.45) is 6.59. The molecular formula is C30H35FN10O. The van der Waals surface area contributed by atoms with E-state index in [1.54, 1.807) is 24.5 Å². The van der Waals surface area contributed by atoms with Crippen LogP contribution in [0.15, 0.2) is 67.3 Å². The minimum absolute atomic E-state index is 0.267. The fraction of sp³-hybridized carbons (Fsp3) is 0.367. The minimum Gasteiger partial charge on any atom is -0.391 e. The summed E-state index contributed by atoms with van der Waals surface area (Å²) in [5.74, 6) is 1.42. The quantitative estimate of drug-likeness (QED) is 0.303. The number of nitrogens with one attached hydrogen (secondary N) is 1. The molecule has 11 nitrogen and oxygen atoms in total. The summed E-state index contributed by atoms with van der Waals surface area (Å²) in [6, 6.07) is 14.3. The molecule has 2 aromatic carbocycles. The van der Waals surface area contributed by atoms with E-state index in [1.165, 1.54) is 18.5 Å². The predicted octanol–water partition coefficient (Wildman–Crippen LogP) is 3.05. The van der Waals surface area contributed by atoms with Gasteiger partial charge in [0.05, 0.1) is 11.6 Å². The molecule has 0 radical (unpaired) electrons. The molecule has 4 aromatic rings. The van der Waals surface area contributed by atoms with Gasteiger partial charge in [-0.25, -0.2) is 24.3 Å². The Morgan fingerprint density at radius 1 is 0.833 bits per heavy atom. The number of hydrogen-bond donors (Lipinski definition) is 3. The normalized spacial score (nSPS) is 19.0. The zero-order valence-electron chi connectivity index (χ0n) is 23.6. The molecular weight excluding hydrogens is 535 g/mol. The third-order valence-corrected chi connectivity index (χ3v) is 7.97. The highest BCUT2D eigenvalue weighted by Gasteiger charge is 2.26. The molecule has 2 aromatic heterocycles. The molecule has 2 aliphatic rings. The molecule has 2 fully saturated rings. The van der Waals surface area contributed by atoms with Crippen molar-refractivity contribution in [1.29, 1.82) is 0 Å². The number of halogens is 1. The molecule has 12 heteroatoms. The van der Waals surface area contributed by atoms with Gasteiger partial charge in [0.15, 0.2) is 0 Å². The molecule has 4 heterocycles. The van der Waals surface area contributed by atoms with Gasteiger partial charge in [-0.2, -0.15) is 4.98 Å². The summed E-state index contributed by atoms with van der Waals surface area (Å²) in [5, 5.41) is 13.2. The molecule has 0 spiro atoms. The number of anilines is 5. The molecule has 6 rings (SSSR count). The van der Waals surface area contributed by atoms with Crippen LogP contribution >= 0.6 is 0 Å². The van der Waals surface area contributed by atoms with Gasteiger partial charge in [-0.3, -0.25) is 0 Å². The first-order valence-electron chi connectivity index (χ1n) is 14.2. The highest BCUT2D eigenvalue weighted by atomic mass is 19.1. The van der Waals surface area contributed by atoms with Crippen LogP contribution in [-0.2, 0) is 5.54 Å². The Kier molecular flexibility index (Phi) is 7.81. The number of rotatable bonds is 7. The number of nitrogens with zero attached hydrogens (tertiary/aromatic N) is 8. The molecule has 2 unspecified atom stereocenters. The second-order valence-corrected chi connectivity index (χ2v) is 11.0. The number of benzene rings is 2. The molecule has 2 atom stereocenters. The smallest absolute Gasteiger partial charge is 0.231 e. The van der Waals surface area contributed by atoms with E-state index in [-0.39, 0.29) is 11.9 Å². The van der Waals surface area contributed by atoms with E-state index in [9.17, 15) is 9.50 Å². The fourth-order valence-corrected chi connectivity index (χ4v) is 5.40. The molecule has 4 N–H and O–H groups in total. The van der Waals surface area contributed by atoms with E-state index in [1.807, 2.05) is 31.2 Å². The van der Waals surface area contributed by atoms with Gasteiger partial charge in [0, 0.05) is 68.6 Å². The monoisotopic (exact) mass is 570 g/mol. The fourth-order valence-electron chi connectivity index (χ4n) is 5.40. The van der Waals surface area contributed by atoms with Gasteiger partial charge in [0.1, 0.15) is 12.1 Å². The lowest BCUT2D eigenvalue weighted by molar-refractivity contribution is 0.154. The number of nitrogens with two attached hydrogens (primary N) is 1. The van der Waals surface area contributed by atoms with Crippen LogP contribution in [0, 0.1) is 5.82 Å². The third-order valence-electron chi connectivity index (χ3n) is 7.97. The van der Waals surface area contributed by atoms with E-state index in [2.05, 4.69) is 44.9 Å². The number of piperazine rings is 1. The molecule has 0 bridgehead atoms. The molecule has 2 saturated heterocycles. The largest absolute Gasteiger partial charge is 0.391 e. The Morgan fingerprint density at radius 2 is 1.50 bits per heavy atom. The molecule has 0 saturated carbocycles. The van der Waals surface area contributed by atoms with Gasteiger partial charge >= 0.3 is 0 Å². The second-order valence-electron chi connectivity index (χ2n) is 11.0. The first-order chi connectivity index (χ1) is 20.3. The van der Waals surface area contributed by atoms with Crippen molar-refractivity contribution < 1.29 is 9.50 Å². The van der Waals surface area contributed by atoms with Gasteiger partial charge in [0.25, 0.3) is 0 Å². The van der Waals surface area contributed by atoms with E-state index >= 15 is 0 Å². The first kappa shape index (κ1) is 27.7.